The number of hydrogen-bond acceptors (Lipinski definition) is 5. The van der Waals surface area contributed by atoms with Crippen LogP contribution in [0.15, 0.2) is 47.1 Å². The number of fused-ring (bicyclic) bond motifs is 5. The first-order chi connectivity index (χ1) is 18.1. The zero-order valence-electron chi connectivity index (χ0n) is 22.7. The second-order valence-corrected chi connectivity index (χ2v) is 12.4. The van der Waals surface area contributed by atoms with Crippen molar-refractivity contribution in [2.75, 3.05) is 6.61 Å². The van der Waals surface area contributed by atoms with Crippen molar-refractivity contribution in [3.05, 3.63) is 47.5 Å². The first kappa shape index (κ1) is 26.6. The van der Waals surface area contributed by atoms with Crippen molar-refractivity contribution in [3.63, 3.8) is 0 Å². The fourth-order valence-corrected chi connectivity index (χ4v) is 8.62. The Kier molecular flexibility index (Phi) is 7.23. The molecule has 38 heavy (non-hydrogen) atoms. The third-order valence-electron chi connectivity index (χ3n) is 10.5. The molecule has 7 atom stereocenters. The molecule has 4 aliphatic carbocycles. The number of benzene rings is 1. The number of allylic oxidation sites excluding steroid dienone is 2. The molecular weight excluding hydrogens is 480 g/mol. The number of nitrogens with one attached hydrogen (secondary N) is 1. The van der Waals surface area contributed by atoms with Crippen LogP contribution in [0, 0.1) is 34.5 Å². The standard InChI is InChI=1S/C31H40N2O5/c1-19(34)24-11-12-25-23-10-9-21-17-22(13-15-30(21,2)26(23)14-16-31(24,25)3)33-38-18-27(35)32-28(29(36)37)20-7-5-4-6-8-20/h4-8,17,23-26,28H,9-16,18H2,1-3H3,(H,32,35)(H,36,37)/b33-22-/t23-,24+,25-,26-,28?,30-,31+/m0/s1. The monoisotopic (exact) mass is 520 g/mol. The van der Waals surface area contributed by atoms with E-state index < -0.39 is 17.9 Å². The molecule has 7 nitrogen and oxygen atoms in total. The summed E-state index contributed by atoms with van der Waals surface area (Å²) < 4.78 is 0. The van der Waals surface area contributed by atoms with Crippen molar-refractivity contribution in [1.82, 2.24) is 5.32 Å². The van der Waals surface area contributed by atoms with Crippen LogP contribution >= 0.6 is 0 Å². The van der Waals surface area contributed by atoms with E-state index in [1.807, 2.05) is 0 Å². The maximum absolute atomic E-state index is 12.4. The summed E-state index contributed by atoms with van der Waals surface area (Å²) in [5.41, 5.74) is 3.11. The van der Waals surface area contributed by atoms with Crippen LogP contribution in [0.5, 0.6) is 0 Å². The van der Waals surface area contributed by atoms with Crippen molar-refractivity contribution in [2.24, 2.45) is 39.7 Å². The lowest BCUT2D eigenvalue weighted by atomic mass is 9.46. The minimum Gasteiger partial charge on any atom is -0.479 e. The number of hydrogen-bond donors (Lipinski definition) is 2. The van der Waals surface area contributed by atoms with E-state index >= 15 is 0 Å². The molecule has 0 spiro atoms. The number of Topliss-reactive ketones (excluding diaryl/α,β-unsaturated/α-hetero) is 1. The Morgan fingerprint density at radius 1 is 1.05 bits per heavy atom. The Labute approximate surface area is 225 Å². The Hall–Kier alpha value is -2.96. The zero-order chi connectivity index (χ0) is 27.1. The molecule has 0 saturated heterocycles. The molecule has 3 fully saturated rings. The number of carboxylic acids is 1. The van der Waals surface area contributed by atoms with Gasteiger partial charge >= 0.3 is 5.97 Å². The fraction of sp³-hybridized carbons (Fsp3) is 0.613. The molecule has 0 bridgehead atoms. The van der Waals surface area contributed by atoms with Crippen molar-refractivity contribution < 1.29 is 24.3 Å². The molecule has 1 unspecified atom stereocenters. The van der Waals surface area contributed by atoms with E-state index in [1.165, 1.54) is 24.8 Å². The molecule has 0 radical (unpaired) electrons. The van der Waals surface area contributed by atoms with Crippen LogP contribution in [-0.2, 0) is 19.2 Å². The third kappa shape index (κ3) is 4.69. The minimum atomic E-state index is -1.13. The number of nitrogens with zero attached hydrogens (tertiary/aromatic N) is 1. The van der Waals surface area contributed by atoms with E-state index in [4.69, 9.17) is 4.84 Å². The molecule has 1 amide bonds. The van der Waals surface area contributed by atoms with Crippen LogP contribution in [0.1, 0.15) is 83.7 Å². The molecule has 1 aromatic carbocycles. The second kappa shape index (κ2) is 10.3. The number of oxime groups is 1. The average Bonchev–Trinajstić information content (AvgIpc) is 3.25. The van der Waals surface area contributed by atoms with Gasteiger partial charge in [-0.05, 0) is 98.5 Å². The average molecular weight is 521 g/mol. The fourth-order valence-electron chi connectivity index (χ4n) is 8.62. The quantitative estimate of drug-likeness (QED) is 0.464. The summed E-state index contributed by atoms with van der Waals surface area (Å²) in [6, 6.07) is 7.47. The highest BCUT2D eigenvalue weighted by Crippen LogP contribution is 2.66. The van der Waals surface area contributed by atoms with Crippen molar-refractivity contribution in [3.8, 4) is 0 Å². The highest BCUT2D eigenvalue weighted by molar-refractivity contribution is 5.96. The summed E-state index contributed by atoms with van der Waals surface area (Å²) in [7, 11) is 0. The number of carboxylic acid groups (broad SMARTS) is 1. The molecule has 3 saturated carbocycles. The van der Waals surface area contributed by atoms with E-state index in [0.717, 1.165) is 37.8 Å². The molecule has 0 aliphatic heterocycles. The number of ketones is 1. The molecule has 1 aromatic rings. The van der Waals surface area contributed by atoms with Gasteiger partial charge in [0.25, 0.3) is 5.91 Å². The summed E-state index contributed by atoms with van der Waals surface area (Å²) in [4.78, 5) is 41.8. The summed E-state index contributed by atoms with van der Waals surface area (Å²) in [5, 5.41) is 16.3. The molecule has 5 rings (SSSR count). The van der Waals surface area contributed by atoms with Gasteiger partial charge in [0.2, 0.25) is 0 Å². The lowest BCUT2D eigenvalue weighted by Crippen LogP contribution is -2.51. The topological polar surface area (TPSA) is 105 Å². The van der Waals surface area contributed by atoms with E-state index in [0.29, 0.717) is 29.1 Å². The van der Waals surface area contributed by atoms with Gasteiger partial charge in [-0.25, -0.2) is 4.79 Å². The lowest BCUT2D eigenvalue weighted by Gasteiger charge is -2.58. The van der Waals surface area contributed by atoms with Crippen molar-refractivity contribution in [1.29, 1.82) is 0 Å². The number of carbonyl (C=O) groups is 3. The number of amides is 1. The van der Waals surface area contributed by atoms with Gasteiger partial charge in [0, 0.05) is 5.92 Å². The first-order valence-electron chi connectivity index (χ1n) is 14.1. The summed E-state index contributed by atoms with van der Waals surface area (Å²) >= 11 is 0. The molecule has 2 N–H and O–H groups in total. The van der Waals surface area contributed by atoms with E-state index in [1.54, 1.807) is 37.3 Å². The predicted molar refractivity (Wildman–Crippen MR) is 144 cm³/mol. The second-order valence-electron chi connectivity index (χ2n) is 12.4. The molecule has 0 aromatic heterocycles. The smallest absolute Gasteiger partial charge is 0.330 e. The molecule has 204 valence electrons. The lowest BCUT2D eigenvalue weighted by molar-refractivity contribution is -0.142. The third-order valence-corrected chi connectivity index (χ3v) is 10.5. The van der Waals surface area contributed by atoms with Crippen LogP contribution in [-0.4, -0.2) is 35.1 Å². The van der Waals surface area contributed by atoms with Gasteiger partial charge in [0.05, 0.1) is 5.71 Å². The number of aliphatic carboxylic acids is 1. The first-order valence-corrected chi connectivity index (χ1v) is 14.1. The summed E-state index contributed by atoms with van der Waals surface area (Å²) in [6.07, 6.45) is 10.8. The Morgan fingerprint density at radius 3 is 2.53 bits per heavy atom. The summed E-state index contributed by atoms with van der Waals surface area (Å²) in [5.74, 6) is 0.940. The molecule has 4 aliphatic rings. The van der Waals surface area contributed by atoms with Crippen LogP contribution in [0.3, 0.4) is 0 Å². The maximum Gasteiger partial charge on any atom is 0.330 e. The van der Waals surface area contributed by atoms with Gasteiger partial charge in [0.1, 0.15) is 5.78 Å². The van der Waals surface area contributed by atoms with E-state index in [9.17, 15) is 19.5 Å². The largest absolute Gasteiger partial charge is 0.479 e. The van der Waals surface area contributed by atoms with Gasteiger partial charge < -0.3 is 15.3 Å². The summed E-state index contributed by atoms with van der Waals surface area (Å²) in [6.45, 7) is 6.27. The molecular formula is C31H40N2O5. The minimum absolute atomic E-state index is 0.152. The number of rotatable bonds is 7. The number of carbonyl (C=O) groups excluding carboxylic acids is 2. The maximum atomic E-state index is 12.4. The molecule has 7 heteroatoms. The Morgan fingerprint density at radius 2 is 1.82 bits per heavy atom. The van der Waals surface area contributed by atoms with Crippen molar-refractivity contribution >= 4 is 23.4 Å². The van der Waals surface area contributed by atoms with E-state index in [2.05, 4.69) is 30.4 Å². The Balaban J connectivity index is 1.22. The van der Waals surface area contributed by atoms with Gasteiger partial charge in [-0.3, -0.25) is 9.59 Å². The van der Waals surface area contributed by atoms with Gasteiger partial charge in [-0.2, -0.15) is 0 Å². The highest BCUT2D eigenvalue weighted by atomic mass is 16.6. The van der Waals surface area contributed by atoms with Gasteiger partial charge in [-0.1, -0.05) is 54.9 Å². The highest BCUT2D eigenvalue weighted by Gasteiger charge is 2.59. The van der Waals surface area contributed by atoms with Crippen molar-refractivity contribution in [2.45, 2.75) is 78.2 Å². The SMILES string of the molecule is CC(=O)[C@H]1CC[C@H]2[C@@H]3CCC4=C/C(=N\OCC(=O)NC(C(=O)O)c5ccccc5)CC[C@]4(C)[C@H]3CC[C@]12C. The van der Waals surface area contributed by atoms with E-state index in [-0.39, 0.29) is 23.4 Å². The zero-order valence-corrected chi connectivity index (χ0v) is 22.7. The van der Waals surface area contributed by atoms with Gasteiger partial charge in [0.15, 0.2) is 12.6 Å². The van der Waals surface area contributed by atoms with Crippen LogP contribution in [0.25, 0.3) is 0 Å². The molecule has 0 heterocycles. The Bertz CT molecular complexity index is 1160. The van der Waals surface area contributed by atoms with Crippen LogP contribution in [0.4, 0.5) is 0 Å². The van der Waals surface area contributed by atoms with Crippen LogP contribution in [0.2, 0.25) is 0 Å². The normalized spacial score (nSPS) is 35.8. The van der Waals surface area contributed by atoms with Gasteiger partial charge in [-0.15, -0.1) is 0 Å². The predicted octanol–water partition coefficient (Wildman–Crippen LogP) is 5.47. The van der Waals surface area contributed by atoms with Crippen LogP contribution < -0.4 is 5.32 Å².